The first kappa shape index (κ1) is 13.3. The van der Waals surface area contributed by atoms with E-state index < -0.39 is 23.2 Å². The molecule has 0 aliphatic heterocycles. The fourth-order valence-electron chi connectivity index (χ4n) is 1.86. The van der Waals surface area contributed by atoms with Crippen LogP contribution in [0.4, 0.5) is 13.2 Å². The van der Waals surface area contributed by atoms with Crippen molar-refractivity contribution < 1.29 is 18.0 Å². The molecule has 0 saturated carbocycles. The van der Waals surface area contributed by atoms with Gasteiger partial charge in [0, 0.05) is 12.5 Å². The lowest BCUT2D eigenvalue weighted by atomic mass is 10.0. The molecule has 0 radical (unpaired) electrons. The van der Waals surface area contributed by atoms with Gasteiger partial charge in [-0.15, -0.1) is 0 Å². The molecule has 0 fully saturated rings. The SMILES string of the molecule is Cc1cccc(C(=O)Cc2cc(F)cc(F)c2)c1F. The lowest BCUT2D eigenvalue weighted by molar-refractivity contribution is 0.0989. The van der Waals surface area contributed by atoms with Crippen LogP contribution in [0.3, 0.4) is 0 Å². The van der Waals surface area contributed by atoms with Crippen LogP contribution in [0, 0.1) is 24.4 Å². The van der Waals surface area contributed by atoms with Gasteiger partial charge in [-0.2, -0.15) is 0 Å². The van der Waals surface area contributed by atoms with Gasteiger partial charge in [0.1, 0.15) is 17.5 Å². The van der Waals surface area contributed by atoms with E-state index in [-0.39, 0.29) is 17.5 Å². The molecule has 0 amide bonds. The van der Waals surface area contributed by atoms with Gasteiger partial charge in [0.15, 0.2) is 5.78 Å². The smallest absolute Gasteiger partial charge is 0.170 e. The number of carbonyl (C=O) groups is 1. The van der Waals surface area contributed by atoms with E-state index >= 15 is 0 Å². The Hall–Kier alpha value is -2.10. The van der Waals surface area contributed by atoms with Gasteiger partial charge in [0.05, 0.1) is 5.56 Å². The molecule has 0 aromatic heterocycles. The van der Waals surface area contributed by atoms with E-state index in [1.165, 1.54) is 6.07 Å². The number of benzene rings is 2. The molecular weight excluding hydrogens is 253 g/mol. The molecule has 0 aliphatic carbocycles. The molecule has 2 aromatic rings. The Morgan fingerprint density at radius 1 is 1.05 bits per heavy atom. The van der Waals surface area contributed by atoms with Crippen molar-refractivity contribution in [1.29, 1.82) is 0 Å². The fourth-order valence-corrected chi connectivity index (χ4v) is 1.86. The van der Waals surface area contributed by atoms with Gasteiger partial charge in [-0.1, -0.05) is 12.1 Å². The van der Waals surface area contributed by atoms with Crippen LogP contribution in [0.1, 0.15) is 21.5 Å². The second-order valence-corrected chi connectivity index (χ2v) is 4.31. The average Bonchev–Trinajstić information content (AvgIpc) is 2.31. The molecule has 19 heavy (non-hydrogen) atoms. The topological polar surface area (TPSA) is 17.1 Å². The Morgan fingerprint density at radius 3 is 2.32 bits per heavy atom. The van der Waals surface area contributed by atoms with Crippen molar-refractivity contribution >= 4 is 5.78 Å². The standard InChI is InChI=1S/C15H11F3O/c1-9-3-2-4-13(15(9)18)14(19)7-10-5-11(16)8-12(17)6-10/h2-6,8H,7H2,1H3. The number of carbonyl (C=O) groups excluding carboxylic acids is 1. The highest BCUT2D eigenvalue weighted by molar-refractivity contribution is 5.97. The quantitative estimate of drug-likeness (QED) is 0.770. The van der Waals surface area contributed by atoms with Crippen molar-refractivity contribution in [3.05, 3.63) is 70.5 Å². The molecule has 0 heterocycles. The molecule has 0 bridgehead atoms. The average molecular weight is 264 g/mol. The first-order valence-corrected chi connectivity index (χ1v) is 5.70. The molecule has 0 unspecified atom stereocenters. The molecule has 2 aromatic carbocycles. The maximum atomic E-state index is 13.7. The molecule has 0 aliphatic rings. The zero-order valence-electron chi connectivity index (χ0n) is 10.2. The zero-order chi connectivity index (χ0) is 14.0. The number of aryl methyl sites for hydroxylation is 1. The molecule has 4 heteroatoms. The minimum absolute atomic E-state index is 0.0651. The highest BCUT2D eigenvalue weighted by atomic mass is 19.1. The van der Waals surface area contributed by atoms with E-state index in [4.69, 9.17) is 0 Å². The Morgan fingerprint density at radius 2 is 1.68 bits per heavy atom. The van der Waals surface area contributed by atoms with Crippen LogP contribution in [0.25, 0.3) is 0 Å². The van der Waals surface area contributed by atoms with E-state index in [0.29, 0.717) is 5.56 Å². The molecule has 0 atom stereocenters. The summed E-state index contributed by atoms with van der Waals surface area (Å²) in [5, 5.41) is 0. The van der Waals surface area contributed by atoms with Crippen LogP contribution < -0.4 is 0 Å². The maximum Gasteiger partial charge on any atom is 0.170 e. The van der Waals surface area contributed by atoms with Crippen LogP contribution in [-0.4, -0.2) is 5.78 Å². The maximum absolute atomic E-state index is 13.7. The minimum atomic E-state index is -0.757. The third-order valence-corrected chi connectivity index (χ3v) is 2.78. The van der Waals surface area contributed by atoms with Gasteiger partial charge in [-0.25, -0.2) is 13.2 Å². The summed E-state index contributed by atoms with van der Waals surface area (Å²) in [5.74, 6) is -2.62. The summed E-state index contributed by atoms with van der Waals surface area (Å²) in [6.45, 7) is 1.55. The molecular formula is C15H11F3O. The summed E-state index contributed by atoms with van der Waals surface area (Å²) in [6, 6.07) is 7.33. The summed E-state index contributed by atoms with van der Waals surface area (Å²) in [6.07, 6.45) is -0.241. The third-order valence-electron chi connectivity index (χ3n) is 2.78. The number of Topliss-reactive ketones (excluding diaryl/α,β-unsaturated/α-hetero) is 1. The third kappa shape index (κ3) is 3.02. The van der Waals surface area contributed by atoms with Gasteiger partial charge in [0.25, 0.3) is 0 Å². The summed E-state index contributed by atoms with van der Waals surface area (Å²) < 4.78 is 39.7. The predicted octanol–water partition coefficient (Wildman–Crippen LogP) is 3.84. The number of ketones is 1. The second kappa shape index (κ2) is 5.26. The molecule has 1 nitrogen and oxygen atoms in total. The van der Waals surface area contributed by atoms with Crippen molar-refractivity contribution in [2.45, 2.75) is 13.3 Å². The molecule has 0 saturated heterocycles. The van der Waals surface area contributed by atoms with Gasteiger partial charge >= 0.3 is 0 Å². The largest absolute Gasteiger partial charge is 0.294 e. The van der Waals surface area contributed by atoms with E-state index in [1.807, 2.05) is 0 Å². The van der Waals surface area contributed by atoms with Crippen LogP contribution in [-0.2, 0) is 6.42 Å². The lowest BCUT2D eigenvalue weighted by Gasteiger charge is -2.05. The highest BCUT2D eigenvalue weighted by Gasteiger charge is 2.14. The number of halogens is 3. The minimum Gasteiger partial charge on any atom is -0.294 e. The first-order valence-electron chi connectivity index (χ1n) is 5.70. The van der Waals surface area contributed by atoms with Crippen LogP contribution in [0.5, 0.6) is 0 Å². The summed E-state index contributed by atoms with van der Waals surface area (Å²) in [4.78, 5) is 11.9. The summed E-state index contributed by atoms with van der Waals surface area (Å²) >= 11 is 0. The van der Waals surface area contributed by atoms with Crippen LogP contribution >= 0.6 is 0 Å². The molecule has 0 N–H and O–H groups in total. The monoisotopic (exact) mass is 264 g/mol. The Labute approximate surface area is 108 Å². The summed E-state index contributed by atoms with van der Waals surface area (Å²) in [5.41, 5.74) is 0.476. The van der Waals surface area contributed by atoms with Crippen molar-refractivity contribution in [3.63, 3.8) is 0 Å². The van der Waals surface area contributed by atoms with Gasteiger partial charge in [0.2, 0.25) is 0 Å². The van der Waals surface area contributed by atoms with Gasteiger partial charge < -0.3 is 0 Å². The number of hydrogen-bond donors (Lipinski definition) is 0. The Kier molecular flexibility index (Phi) is 3.69. The normalized spacial score (nSPS) is 10.5. The zero-order valence-corrected chi connectivity index (χ0v) is 10.2. The number of rotatable bonds is 3. The lowest BCUT2D eigenvalue weighted by Crippen LogP contribution is -2.07. The highest BCUT2D eigenvalue weighted by Crippen LogP contribution is 2.16. The van der Waals surface area contributed by atoms with Crippen molar-refractivity contribution in [3.8, 4) is 0 Å². The Bertz CT molecular complexity index is 615. The first-order chi connectivity index (χ1) is 8.97. The second-order valence-electron chi connectivity index (χ2n) is 4.31. The fraction of sp³-hybridized carbons (Fsp3) is 0.133. The number of hydrogen-bond acceptors (Lipinski definition) is 1. The predicted molar refractivity (Wildman–Crippen MR) is 65.5 cm³/mol. The van der Waals surface area contributed by atoms with Crippen molar-refractivity contribution in [2.75, 3.05) is 0 Å². The van der Waals surface area contributed by atoms with Gasteiger partial charge in [-0.05, 0) is 36.2 Å². The van der Waals surface area contributed by atoms with E-state index in [9.17, 15) is 18.0 Å². The van der Waals surface area contributed by atoms with Gasteiger partial charge in [-0.3, -0.25) is 4.79 Å². The van der Waals surface area contributed by atoms with E-state index in [0.717, 1.165) is 18.2 Å². The van der Waals surface area contributed by atoms with Crippen LogP contribution in [0.2, 0.25) is 0 Å². The molecule has 98 valence electrons. The Balaban J connectivity index is 2.28. The van der Waals surface area contributed by atoms with E-state index in [1.54, 1.807) is 19.1 Å². The van der Waals surface area contributed by atoms with Crippen molar-refractivity contribution in [2.24, 2.45) is 0 Å². The molecule has 0 spiro atoms. The van der Waals surface area contributed by atoms with Crippen LogP contribution in [0.15, 0.2) is 36.4 Å². The summed E-state index contributed by atoms with van der Waals surface area (Å²) in [7, 11) is 0. The molecule has 2 rings (SSSR count). The van der Waals surface area contributed by atoms with E-state index in [2.05, 4.69) is 0 Å². The van der Waals surface area contributed by atoms with Crippen molar-refractivity contribution in [1.82, 2.24) is 0 Å².